The van der Waals surface area contributed by atoms with Crippen LogP contribution in [0.4, 0.5) is 11.4 Å². The summed E-state index contributed by atoms with van der Waals surface area (Å²) in [6.45, 7) is 1.98. The summed E-state index contributed by atoms with van der Waals surface area (Å²) in [5.41, 5.74) is 3.95. The van der Waals surface area contributed by atoms with E-state index in [-0.39, 0.29) is 11.8 Å². The molecule has 3 aromatic rings. The van der Waals surface area contributed by atoms with Crippen molar-refractivity contribution in [1.29, 1.82) is 0 Å². The molecule has 1 aliphatic rings. The maximum atomic E-state index is 12.4. The number of para-hydroxylation sites is 1. The Labute approximate surface area is 178 Å². The van der Waals surface area contributed by atoms with E-state index in [2.05, 4.69) is 15.6 Å². The number of carbonyl (C=O) groups is 2. The first-order chi connectivity index (χ1) is 14.6. The number of rotatable bonds is 4. The Hall–Kier alpha value is -3.64. The molecule has 1 aliphatic heterocycles. The standard InChI is InChI=1S/C24H19N3O2S/c1-16-10-12-18(13-11-16)22(28)25-20-9-5-6-17(14-20)15-21-23(29)27-24(30-21)26-19-7-3-2-4-8-19/h2-15H,1H3,(H,25,28)(H,26,27,29)/b21-15-. The van der Waals surface area contributed by atoms with Gasteiger partial charge in [0, 0.05) is 11.3 Å². The number of benzene rings is 3. The molecule has 1 saturated heterocycles. The molecule has 0 radical (unpaired) electrons. The van der Waals surface area contributed by atoms with Gasteiger partial charge in [-0.15, -0.1) is 0 Å². The van der Waals surface area contributed by atoms with Crippen LogP contribution in [0.3, 0.4) is 0 Å². The zero-order valence-electron chi connectivity index (χ0n) is 16.3. The summed E-state index contributed by atoms with van der Waals surface area (Å²) in [4.78, 5) is 29.7. The Morgan fingerprint density at radius 1 is 1.00 bits per heavy atom. The van der Waals surface area contributed by atoms with Gasteiger partial charge in [0.25, 0.3) is 11.8 Å². The van der Waals surface area contributed by atoms with Crippen LogP contribution in [0.5, 0.6) is 0 Å². The molecule has 3 aromatic carbocycles. The highest BCUT2D eigenvalue weighted by atomic mass is 32.2. The lowest BCUT2D eigenvalue weighted by Gasteiger charge is -2.06. The summed E-state index contributed by atoms with van der Waals surface area (Å²) in [6.07, 6.45) is 1.79. The van der Waals surface area contributed by atoms with Gasteiger partial charge in [-0.2, -0.15) is 0 Å². The molecular weight excluding hydrogens is 394 g/mol. The molecule has 4 rings (SSSR count). The Bertz CT molecular complexity index is 1150. The molecule has 0 bridgehead atoms. The molecule has 1 heterocycles. The Morgan fingerprint density at radius 3 is 2.53 bits per heavy atom. The summed E-state index contributed by atoms with van der Waals surface area (Å²) >= 11 is 1.29. The van der Waals surface area contributed by atoms with Crippen LogP contribution in [0.1, 0.15) is 21.5 Å². The van der Waals surface area contributed by atoms with E-state index in [9.17, 15) is 9.59 Å². The van der Waals surface area contributed by atoms with E-state index in [0.29, 0.717) is 21.3 Å². The lowest BCUT2D eigenvalue weighted by Crippen LogP contribution is -2.19. The molecule has 2 N–H and O–H groups in total. The van der Waals surface area contributed by atoms with E-state index in [1.165, 1.54) is 11.8 Å². The van der Waals surface area contributed by atoms with Crippen molar-refractivity contribution < 1.29 is 9.59 Å². The number of thioether (sulfide) groups is 1. The van der Waals surface area contributed by atoms with Crippen molar-refractivity contribution >= 4 is 46.2 Å². The largest absolute Gasteiger partial charge is 0.322 e. The van der Waals surface area contributed by atoms with Gasteiger partial charge in [0.05, 0.1) is 10.6 Å². The second kappa shape index (κ2) is 8.80. The van der Waals surface area contributed by atoms with Crippen LogP contribution in [0, 0.1) is 6.92 Å². The normalized spacial score (nSPS) is 16.0. The van der Waals surface area contributed by atoms with Crippen molar-refractivity contribution in [3.05, 3.63) is 100 Å². The second-order valence-electron chi connectivity index (χ2n) is 6.76. The maximum absolute atomic E-state index is 12.4. The van der Waals surface area contributed by atoms with Gasteiger partial charge in [-0.25, -0.2) is 4.99 Å². The highest BCUT2D eigenvalue weighted by Gasteiger charge is 2.23. The lowest BCUT2D eigenvalue weighted by molar-refractivity contribution is -0.115. The summed E-state index contributed by atoms with van der Waals surface area (Å²) in [7, 11) is 0. The summed E-state index contributed by atoms with van der Waals surface area (Å²) < 4.78 is 0. The molecule has 0 unspecified atom stereocenters. The minimum absolute atomic E-state index is 0.176. The van der Waals surface area contributed by atoms with Crippen molar-refractivity contribution in [1.82, 2.24) is 5.32 Å². The zero-order valence-corrected chi connectivity index (χ0v) is 17.1. The summed E-state index contributed by atoms with van der Waals surface area (Å²) in [6, 6.07) is 24.2. The number of hydrogen-bond acceptors (Lipinski definition) is 4. The van der Waals surface area contributed by atoms with E-state index < -0.39 is 0 Å². The van der Waals surface area contributed by atoms with Gasteiger partial charge >= 0.3 is 0 Å². The average Bonchev–Trinajstić information content (AvgIpc) is 3.08. The molecular formula is C24H19N3O2S. The van der Waals surface area contributed by atoms with E-state index in [1.807, 2.05) is 73.7 Å². The number of hydrogen-bond donors (Lipinski definition) is 2. The molecule has 2 amide bonds. The smallest absolute Gasteiger partial charge is 0.264 e. The predicted molar refractivity (Wildman–Crippen MR) is 123 cm³/mol. The molecule has 148 valence electrons. The van der Waals surface area contributed by atoms with E-state index in [4.69, 9.17) is 0 Å². The minimum Gasteiger partial charge on any atom is -0.322 e. The van der Waals surface area contributed by atoms with Crippen LogP contribution in [0.15, 0.2) is 88.8 Å². The number of nitrogens with one attached hydrogen (secondary N) is 2. The molecule has 0 aliphatic carbocycles. The number of anilines is 1. The van der Waals surface area contributed by atoms with Crippen LogP contribution in [0.25, 0.3) is 6.08 Å². The second-order valence-corrected chi connectivity index (χ2v) is 7.79. The van der Waals surface area contributed by atoms with Crippen LogP contribution >= 0.6 is 11.8 Å². The van der Waals surface area contributed by atoms with Crippen LogP contribution in [0.2, 0.25) is 0 Å². The first-order valence-corrected chi connectivity index (χ1v) is 10.2. The fraction of sp³-hybridized carbons (Fsp3) is 0.0417. The van der Waals surface area contributed by atoms with Gasteiger partial charge in [0.1, 0.15) is 0 Å². The van der Waals surface area contributed by atoms with Crippen molar-refractivity contribution in [3.8, 4) is 0 Å². The van der Waals surface area contributed by atoms with Crippen molar-refractivity contribution in [2.75, 3.05) is 5.32 Å². The minimum atomic E-state index is -0.191. The molecule has 30 heavy (non-hydrogen) atoms. The number of aryl methyl sites for hydroxylation is 1. The van der Waals surface area contributed by atoms with Gasteiger partial charge in [-0.3, -0.25) is 9.59 Å². The van der Waals surface area contributed by atoms with Crippen LogP contribution in [-0.2, 0) is 4.79 Å². The molecule has 0 saturated carbocycles. The predicted octanol–water partition coefficient (Wildman–Crippen LogP) is 5.14. The Balaban J connectivity index is 1.49. The highest BCUT2D eigenvalue weighted by Crippen LogP contribution is 2.28. The summed E-state index contributed by atoms with van der Waals surface area (Å²) in [5, 5.41) is 6.22. The highest BCUT2D eigenvalue weighted by molar-refractivity contribution is 8.18. The number of amidine groups is 1. The van der Waals surface area contributed by atoms with Gasteiger partial charge in [0.15, 0.2) is 5.17 Å². The summed E-state index contributed by atoms with van der Waals surface area (Å²) in [5.74, 6) is -0.367. The Kier molecular flexibility index (Phi) is 5.77. The monoisotopic (exact) mass is 413 g/mol. The first-order valence-electron chi connectivity index (χ1n) is 9.39. The molecule has 5 nitrogen and oxygen atoms in total. The third-order valence-electron chi connectivity index (χ3n) is 4.39. The SMILES string of the molecule is Cc1ccc(C(=O)Nc2cccc(/C=C3\SC(=Nc4ccccc4)NC3=O)c2)cc1. The zero-order chi connectivity index (χ0) is 20.9. The van der Waals surface area contributed by atoms with Crippen molar-refractivity contribution in [2.24, 2.45) is 4.99 Å². The fourth-order valence-electron chi connectivity index (χ4n) is 2.87. The molecule has 1 fully saturated rings. The quantitative estimate of drug-likeness (QED) is 0.582. The third-order valence-corrected chi connectivity index (χ3v) is 5.30. The number of nitrogens with zero attached hydrogens (tertiary/aromatic N) is 1. The Morgan fingerprint density at radius 2 is 1.77 bits per heavy atom. The van der Waals surface area contributed by atoms with E-state index in [1.54, 1.807) is 18.2 Å². The van der Waals surface area contributed by atoms with Gasteiger partial charge in [-0.1, -0.05) is 48.0 Å². The lowest BCUT2D eigenvalue weighted by atomic mass is 10.1. The van der Waals surface area contributed by atoms with Crippen molar-refractivity contribution in [3.63, 3.8) is 0 Å². The number of amides is 2. The molecule has 0 spiro atoms. The van der Waals surface area contributed by atoms with Gasteiger partial charge in [0.2, 0.25) is 0 Å². The molecule has 6 heteroatoms. The van der Waals surface area contributed by atoms with Crippen LogP contribution in [-0.4, -0.2) is 17.0 Å². The van der Waals surface area contributed by atoms with Gasteiger partial charge < -0.3 is 10.6 Å². The topological polar surface area (TPSA) is 70.6 Å². The van der Waals surface area contributed by atoms with E-state index in [0.717, 1.165) is 16.8 Å². The number of aliphatic imine (C=N–C) groups is 1. The third kappa shape index (κ3) is 4.85. The van der Waals surface area contributed by atoms with E-state index >= 15 is 0 Å². The molecule has 0 atom stereocenters. The van der Waals surface area contributed by atoms with Crippen molar-refractivity contribution in [2.45, 2.75) is 6.92 Å². The van der Waals surface area contributed by atoms with Gasteiger partial charge in [-0.05, 0) is 66.7 Å². The van der Waals surface area contributed by atoms with Crippen LogP contribution < -0.4 is 10.6 Å². The maximum Gasteiger partial charge on any atom is 0.264 e. The average molecular weight is 414 g/mol. The number of carbonyl (C=O) groups excluding carboxylic acids is 2. The fourth-order valence-corrected chi connectivity index (χ4v) is 3.71. The molecule has 0 aromatic heterocycles. The first kappa shape index (κ1) is 19.7.